The van der Waals surface area contributed by atoms with E-state index in [1.54, 1.807) is 36.4 Å². The van der Waals surface area contributed by atoms with Crippen LogP contribution in [0.25, 0.3) is 11.1 Å². The Hall–Kier alpha value is -3.02. The molecule has 0 radical (unpaired) electrons. The molecule has 0 aliphatic rings. The first kappa shape index (κ1) is 15.4. The lowest BCUT2D eigenvalue weighted by Gasteiger charge is -2.18. The Morgan fingerprint density at radius 3 is 1.64 bits per heavy atom. The summed E-state index contributed by atoms with van der Waals surface area (Å²) >= 11 is 0. The maximum absolute atomic E-state index is 11.7. The van der Waals surface area contributed by atoms with Crippen LogP contribution in [0.15, 0.2) is 48.5 Å². The van der Waals surface area contributed by atoms with Gasteiger partial charge in [-0.1, -0.05) is 24.3 Å². The van der Waals surface area contributed by atoms with E-state index in [1.165, 1.54) is 14.2 Å². The number of nitrogen functional groups attached to an aromatic ring is 1. The van der Waals surface area contributed by atoms with E-state index in [4.69, 9.17) is 5.73 Å². The van der Waals surface area contributed by atoms with Gasteiger partial charge in [0, 0.05) is 5.69 Å². The van der Waals surface area contributed by atoms with Gasteiger partial charge in [0.2, 0.25) is 0 Å². The number of benzene rings is 2. The highest BCUT2D eigenvalue weighted by Crippen LogP contribution is 2.24. The van der Waals surface area contributed by atoms with Gasteiger partial charge in [0.25, 0.3) is 0 Å². The number of hydrogen-bond donors (Lipinski definition) is 1. The molecular formula is C16H16N2O4. The molecule has 0 bridgehead atoms. The van der Waals surface area contributed by atoms with Crippen LogP contribution in [0.3, 0.4) is 0 Å². The highest BCUT2D eigenvalue weighted by molar-refractivity contribution is 6.09. The molecule has 0 aromatic heterocycles. The number of carbonyl (C=O) groups excluding carboxylic acids is 2. The Morgan fingerprint density at radius 2 is 1.23 bits per heavy atom. The van der Waals surface area contributed by atoms with Gasteiger partial charge in [0.05, 0.1) is 19.9 Å². The number of carbonyl (C=O) groups is 2. The molecule has 2 aromatic carbocycles. The third kappa shape index (κ3) is 3.17. The first-order valence-corrected chi connectivity index (χ1v) is 6.49. The summed E-state index contributed by atoms with van der Waals surface area (Å²) in [4.78, 5) is 24.2. The quantitative estimate of drug-likeness (QED) is 0.861. The van der Waals surface area contributed by atoms with Crippen molar-refractivity contribution in [2.24, 2.45) is 0 Å². The highest BCUT2D eigenvalue weighted by atomic mass is 16.6. The monoisotopic (exact) mass is 300 g/mol. The Morgan fingerprint density at radius 1 is 0.818 bits per heavy atom. The Labute approximate surface area is 128 Å². The third-order valence-corrected chi connectivity index (χ3v) is 3.08. The van der Waals surface area contributed by atoms with Gasteiger partial charge in [-0.25, -0.2) is 9.59 Å². The van der Waals surface area contributed by atoms with Crippen LogP contribution in [0.1, 0.15) is 0 Å². The fourth-order valence-corrected chi connectivity index (χ4v) is 1.95. The predicted molar refractivity (Wildman–Crippen MR) is 83.6 cm³/mol. The van der Waals surface area contributed by atoms with Crippen molar-refractivity contribution in [3.8, 4) is 11.1 Å². The minimum absolute atomic E-state index is 0.359. The van der Waals surface area contributed by atoms with Crippen molar-refractivity contribution in [1.29, 1.82) is 0 Å². The smallest absolute Gasteiger partial charge is 0.423 e. The van der Waals surface area contributed by atoms with Crippen LogP contribution in [-0.2, 0) is 9.47 Å². The Kier molecular flexibility index (Phi) is 4.63. The predicted octanol–water partition coefficient (Wildman–Crippen LogP) is 3.28. The molecule has 0 unspecified atom stereocenters. The van der Waals surface area contributed by atoms with Crippen molar-refractivity contribution >= 4 is 23.6 Å². The summed E-state index contributed by atoms with van der Waals surface area (Å²) in [5.41, 5.74) is 8.60. The summed E-state index contributed by atoms with van der Waals surface area (Å²) in [6.07, 6.45) is -1.63. The first-order valence-electron chi connectivity index (χ1n) is 6.49. The zero-order valence-electron chi connectivity index (χ0n) is 12.3. The molecule has 0 aliphatic carbocycles. The summed E-state index contributed by atoms with van der Waals surface area (Å²) in [6, 6.07) is 14.3. The van der Waals surface area contributed by atoms with E-state index in [2.05, 4.69) is 9.47 Å². The highest BCUT2D eigenvalue weighted by Gasteiger charge is 2.24. The number of rotatable bonds is 2. The SMILES string of the molecule is COC(=O)N(C(=O)OC)c1ccc(-c2ccc(N)cc2)cc1. The standard InChI is InChI=1S/C16H16N2O4/c1-21-15(19)18(16(20)22-2)14-9-5-12(6-10-14)11-3-7-13(17)8-4-11/h3-10H,17H2,1-2H3. The Bertz CT molecular complexity index is 650. The molecule has 0 atom stereocenters. The van der Waals surface area contributed by atoms with E-state index in [1.807, 2.05) is 12.1 Å². The van der Waals surface area contributed by atoms with Crippen LogP contribution in [0.4, 0.5) is 21.0 Å². The summed E-state index contributed by atoms with van der Waals surface area (Å²) in [6.45, 7) is 0. The second-order valence-electron chi connectivity index (χ2n) is 4.44. The van der Waals surface area contributed by atoms with Crippen molar-refractivity contribution in [3.05, 3.63) is 48.5 Å². The van der Waals surface area contributed by atoms with E-state index >= 15 is 0 Å². The van der Waals surface area contributed by atoms with E-state index in [9.17, 15) is 9.59 Å². The minimum Gasteiger partial charge on any atom is -0.452 e. The normalized spacial score (nSPS) is 9.91. The maximum atomic E-state index is 11.7. The molecule has 114 valence electrons. The molecule has 0 heterocycles. The van der Waals surface area contributed by atoms with E-state index < -0.39 is 12.2 Å². The van der Waals surface area contributed by atoms with Crippen LogP contribution in [0.2, 0.25) is 0 Å². The fraction of sp³-hybridized carbons (Fsp3) is 0.125. The van der Waals surface area contributed by atoms with Crippen molar-refractivity contribution in [2.75, 3.05) is 24.9 Å². The number of hydrogen-bond acceptors (Lipinski definition) is 5. The molecule has 2 rings (SSSR count). The molecule has 22 heavy (non-hydrogen) atoms. The summed E-state index contributed by atoms with van der Waals surface area (Å²) in [5.74, 6) is 0. The summed E-state index contributed by atoms with van der Waals surface area (Å²) in [7, 11) is 2.39. The van der Waals surface area contributed by atoms with Crippen molar-refractivity contribution in [3.63, 3.8) is 0 Å². The van der Waals surface area contributed by atoms with Gasteiger partial charge in [-0.05, 0) is 35.4 Å². The van der Waals surface area contributed by atoms with Gasteiger partial charge in [-0.15, -0.1) is 0 Å². The molecule has 0 saturated heterocycles. The summed E-state index contributed by atoms with van der Waals surface area (Å²) in [5, 5.41) is 0. The number of nitrogens with two attached hydrogens (primary N) is 1. The lowest BCUT2D eigenvalue weighted by Crippen LogP contribution is -2.36. The number of nitrogens with zero attached hydrogens (tertiary/aromatic N) is 1. The van der Waals surface area contributed by atoms with Crippen LogP contribution in [0, 0.1) is 0 Å². The molecule has 0 fully saturated rings. The topological polar surface area (TPSA) is 81.9 Å². The van der Waals surface area contributed by atoms with Crippen molar-refractivity contribution in [2.45, 2.75) is 0 Å². The molecule has 0 saturated carbocycles. The zero-order chi connectivity index (χ0) is 16.1. The van der Waals surface area contributed by atoms with E-state index in [0.717, 1.165) is 16.0 Å². The molecule has 6 heteroatoms. The molecule has 0 aliphatic heterocycles. The van der Waals surface area contributed by atoms with Gasteiger partial charge < -0.3 is 15.2 Å². The average molecular weight is 300 g/mol. The van der Waals surface area contributed by atoms with Gasteiger partial charge in [0.1, 0.15) is 0 Å². The van der Waals surface area contributed by atoms with E-state index in [0.29, 0.717) is 11.4 Å². The first-order chi connectivity index (χ1) is 10.6. The molecule has 6 nitrogen and oxygen atoms in total. The fourth-order valence-electron chi connectivity index (χ4n) is 1.95. The van der Waals surface area contributed by atoms with Crippen LogP contribution >= 0.6 is 0 Å². The molecule has 2 N–H and O–H groups in total. The minimum atomic E-state index is -0.813. The maximum Gasteiger partial charge on any atom is 0.423 e. The lowest BCUT2D eigenvalue weighted by atomic mass is 10.0. The largest absolute Gasteiger partial charge is 0.452 e. The van der Waals surface area contributed by atoms with Crippen molar-refractivity contribution < 1.29 is 19.1 Å². The lowest BCUT2D eigenvalue weighted by molar-refractivity contribution is 0.159. The number of imide groups is 1. The average Bonchev–Trinajstić information content (AvgIpc) is 2.56. The van der Waals surface area contributed by atoms with Crippen molar-refractivity contribution in [1.82, 2.24) is 0 Å². The molecule has 2 aromatic rings. The second-order valence-corrected chi connectivity index (χ2v) is 4.44. The number of amides is 2. The number of ether oxygens (including phenoxy) is 2. The second kappa shape index (κ2) is 6.62. The van der Waals surface area contributed by atoms with E-state index in [-0.39, 0.29) is 0 Å². The van der Waals surface area contributed by atoms with Gasteiger partial charge in [0.15, 0.2) is 0 Å². The van der Waals surface area contributed by atoms with Gasteiger partial charge >= 0.3 is 12.2 Å². The molecule has 2 amide bonds. The zero-order valence-corrected chi connectivity index (χ0v) is 12.3. The van der Waals surface area contributed by atoms with Gasteiger partial charge in [-0.2, -0.15) is 4.90 Å². The van der Waals surface area contributed by atoms with Crippen LogP contribution < -0.4 is 10.6 Å². The third-order valence-electron chi connectivity index (χ3n) is 3.08. The Balaban J connectivity index is 2.31. The van der Waals surface area contributed by atoms with Crippen LogP contribution in [0.5, 0.6) is 0 Å². The number of methoxy groups -OCH3 is 2. The summed E-state index contributed by atoms with van der Waals surface area (Å²) < 4.78 is 9.18. The molecular weight excluding hydrogens is 284 g/mol. The molecule has 0 spiro atoms. The number of anilines is 2. The van der Waals surface area contributed by atoms with Crippen LogP contribution in [-0.4, -0.2) is 26.4 Å². The van der Waals surface area contributed by atoms with Gasteiger partial charge in [-0.3, -0.25) is 0 Å².